The summed E-state index contributed by atoms with van der Waals surface area (Å²) < 4.78 is 0. The molecule has 1 aromatic rings. The second-order valence-electron chi connectivity index (χ2n) is 4.02. The van der Waals surface area contributed by atoms with Crippen molar-refractivity contribution in [2.75, 3.05) is 11.9 Å². The van der Waals surface area contributed by atoms with E-state index in [4.69, 9.17) is 0 Å². The molecule has 0 heterocycles. The van der Waals surface area contributed by atoms with Gasteiger partial charge in [0, 0.05) is 11.7 Å². The zero-order chi connectivity index (χ0) is 12.1. The van der Waals surface area contributed by atoms with Crippen molar-refractivity contribution in [3.63, 3.8) is 0 Å². The van der Waals surface area contributed by atoms with Gasteiger partial charge in [-0.25, -0.2) is 4.79 Å². The van der Waals surface area contributed by atoms with E-state index < -0.39 is 0 Å². The number of amides is 3. The highest BCUT2D eigenvalue weighted by molar-refractivity contribution is 5.94. The van der Waals surface area contributed by atoms with Gasteiger partial charge in [-0.3, -0.25) is 4.79 Å². The predicted molar refractivity (Wildman–Crippen MR) is 64.6 cm³/mol. The van der Waals surface area contributed by atoms with Gasteiger partial charge in [-0.15, -0.1) is 0 Å². The lowest BCUT2D eigenvalue weighted by Crippen LogP contribution is -2.40. The first kappa shape index (κ1) is 11.4. The van der Waals surface area contributed by atoms with Crippen LogP contribution >= 0.6 is 0 Å². The summed E-state index contributed by atoms with van der Waals surface area (Å²) in [7, 11) is 0. The molecule has 0 saturated heterocycles. The normalized spacial score (nSPS) is 13.9. The van der Waals surface area contributed by atoms with E-state index in [1.807, 2.05) is 18.2 Å². The molecule has 0 spiro atoms. The maximum absolute atomic E-state index is 11.5. The van der Waals surface area contributed by atoms with Gasteiger partial charge in [0.1, 0.15) is 0 Å². The molecule has 0 radical (unpaired) electrons. The van der Waals surface area contributed by atoms with Crippen LogP contribution in [0.25, 0.3) is 0 Å². The van der Waals surface area contributed by atoms with Crippen LogP contribution in [0.1, 0.15) is 12.8 Å². The fraction of sp³-hybridized carbons (Fsp3) is 0.333. The molecule has 0 aliphatic heterocycles. The van der Waals surface area contributed by atoms with E-state index in [0.29, 0.717) is 6.04 Å². The molecule has 0 aromatic heterocycles. The largest absolute Gasteiger partial charge is 0.335 e. The van der Waals surface area contributed by atoms with E-state index in [1.165, 1.54) is 0 Å². The van der Waals surface area contributed by atoms with Gasteiger partial charge in [0.2, 0.25) is 5.91 Å². The average Bonchev–Trinajstić information content (AvgIpc) is 3.12. The number of carbonyl (C=O) groups is 2. The van der Waals surface area contributed by atoms with E-state index in [2.05, 4.69) is 16.0 Å². The van der Waals surface area contributed by atoms with Gasteiger partial charge in [-0.05, 0) is 25.0 Å². The first-order valence-corrected chi connectivity index (χ1v) is 5.63. The summed E-state index contributed by atoms with van der Waals surface area (Å²) in [6, 6.07) is 9.15. The molecule has 3 amide bonds. The SMILES string of the molecule is O=C(CNC(=O)NC1CC1)Nc1ccccc1. The van der Waals surface area contributed by atoms with Gasteiger partial charge in [0.25, 0.3) is 0 Å². The highest BCUT2D eigenvalue weighted by Gasteiger charge is 2.23. The topological polar surface area (TPSA) is 70.2 Å². The van der Waals surface area contributed by atoms with Crippen molar-refractivity contribution in [3.8, 4) is 0 Å². The quantitative estimate of drug-likeness (QED) is 0.728. The van der Waals surface area contributed by atoms with E-state index in [0.717, 1.165) is 18.5 Å². The van der Waals surface area contributed by atoms with Gasteiger partial charge in [0.05, 0.1) is 6.54 Å². The monoisotopic (exact) mass is 233 g/mol. The van der Waals surface area contributed by atoms with Gasteiger partial charge in [0.15, 0.2) is 0 Å². The number of anilines is 1. The summed E-state index contributed by atoms with van der Waals surface area (Å²) >= 11 is 0. The molecule has 1 aromatic carbocycles. The Morgan fingerprint density at radius 3 is 2.53 bits per heavy atom. The third-order valence-electron chi connectivity index (χ3n) is 2.38. The standard InChI is InChI=1S/C12H15N3O2/c16-11(14-9-4-2-1-3-5-9)8-13-12(17)15-10-6-7-10/h1-5,10H,6-8H2,(H,14,16)(H2,13,15,17). The molecule has 1 aliphatic carbocycles. The highest BCUT2D eigenvalue weighted by atomic mass is 16.2. The second-order valence-corrected chi connectivity index (χ2v) is 4.02. The molecule has 3 N–H and O–H groups in total. The Balaban J connectivity index is 1.68. The first-order valence-electron chi connectivity index (χ1n) is 5.63. The van der Waals surface area contributed by atoms with Gasteiger partial charge in [-0.2, -0.15) is 0 Å². The van der Waals surface area contributed by atoms with Gasteiger partial charge < -0.3 is 16.0 Å². The van der Waals surface area contributed by atoms with Crippen LogP contribution in [0, 0.1) is 0 Å². The van der Waals surface area contributed by atoms with Crippen molar-refractivity contribution < 1.29 is 9.59 Å². The molecule has 2 rings (SSSR count). The number of benzene rings is 1. The van der Waals surface area contributed by atoms with Crippen molar-refractivity contribution in [1.82, 2.24) is 10.6 Å². The molecule has 1 aliphatic rings. The number of urea groups is 1. The minimum atomic E-state index is -0.282. The summed E-state index contributed by atoms with van der Waals surface area (Å²) in [5.41, 5.74) is 0.724. The highest BCUT2D eigenvalue weighted by Crippen LogP contribution is 2.18. The molecular weight excluding hydrogens is 218 g/mol. The Bertz CT molecular complexity index is 401. The van der Waals surface area contributed by atoms with Crippen molar-refractivity contribution in [1.29, 1.82) is 0 Å². The van der Waals surface area contributed by atoms with Crippen LogP contribution in [0.5, 0.6) is 0 Å². The third-order valence-corrected chi connectivity index (χ3v) is 2.38. The average molecular weight is 233 g/mol. The maximum Gasteiger partial charge on any atom is 0.315 e. The van der Waals surface area contributed by atoms with E-state index in [9.17, 15) is 9.59 Å². The molecule has 1 saturated carbocycles. The third kappa shape index (κ3) is 4.14. The molecule has 90 valence electrons. The number of para-hydroxylation sites is 1. The lowest BCUT2D eigenvalue weighted by atomic mass is 10.3. The van der Waals surface area contributed by atoms with Crippen LogP contribution in [0.15, 0.2) is 30.3 Å². The summed E-state index contributed by atoms with van der Waals surface area (Å²) in [5, 5.41) is 7.94. The molecule has 5 nitrogen and oxygen atoms in total. The summed E-state index contributed by atoms with van der Waals surface area (Å²) in [6.45, 7) is -0.0204. The Kier molecular flexibility index (Phi) is 3.59. The van der Waals surface area contributed by atoms with Crippen LogP contribution < -0.4 is 16.0 Å². The van der Waals surface area contributed by atoms with Crippen molar-refractivity contribution in [3.05, 3.63) is 30.3 Å². The Labute approximate surface area is 99.6 Å². The Morgan fingerprint density at radius 2 is 1.88 bits per heavy atom. The number of hydrogen-bond acceptors (Lipinski definition) is 2. The number of rotatable bonds is 4. The number of nitrogens with one attached hydrogen (secondary N) is 3. The van der Waals surface area contributed by atoms with E-state index >= 15 is 0 Å². The molecular formula is C12H15N3O2. The lowest BCUT2D eigenvalue weighted by Gasteiger charge is -2.07. The predicted octanol–water partition coefficient (Wildman–Crippen LogP) is 1.09. The van der Waals surface area contributed by atoms with Crippen molar-refractivity contribution >= 4 is 17.6 Å². The van der Waals surface area contributed by atoms with Crippen molar-refractivity contribution in [2.45, 2.75) is 18.9 Å². The zero-order valence-electron chi connectivity index (χ0n) is 9.40. The van der Waals surface area contributed by atoms with Gasteiger partial charge >= 0.3 is 6.03 Å². The van der Waals surface area contributed by atoms with Crippen LogP contribution in [0.3, 0.4) is 0 Å². The number of hydrogen-bond donors (Lipinski definition) is 3. The Hall–Kier alpha value is -2.04. The summed E-state index contributed by atoms with van der Waals surface area (Å²) in [5.74, 6) is -0.234. The molecule has 0 atom stereocenters. The second kappa shape index (κ2) is 5.34. The molecule has 1 fully saturated rings. The maximum atomic E-state index is 11.5. The lowest BCUT2D eigenvalue weighted by molar-refractivity contribution is -0.115. The first-order chi connectivity index (χ1) is 8.24. The molecule has 0 unspecified atom stereocenters. The molecule has 5 heteroatoms. The van der Waals surface area contributed by atoms with E-state index in [-0.39, 0.29) is 18.5 Å². The summed E-state index contributed by atoms with van der Waals surface area (Å²) in [6.07, 6.45) is 2.06. The minimum absolute atomic E-state index is 0.0204. The van der Waals surface area contributed by atoms with Crippen LogP contribution in [0.4, 0.5) is 10.5 Å². The van der Waals surface area contributed by atoms with E-state index in [1.54, 1.807) is 12.1 Å². The number of carbonyl (C=O) groups excluding carboxylic acids is 2. The van der Waals surface area contributed by atoms with Crippen LogP contribution in [-0.2, 0) is 4.79 Å². The fourth-order valence-electron chi connectivity index (χ4n) is 1.35. The van der Waals surface area contributed by atoms with Crippen LogP contribution in [0.2, 0.25) is 0 Å². The molecule has 17 heavy (non-hydrogen) atoms. The minimum Gasteiger partial charge on any atom is -0.335 e. The van der Waals surface area contributed by atoms with Crippen molar-refractivity contribution in [2.24, 2.45) is 0 Å². The smallest absolute Gasteiger partial charge is 0.315 e. The zero-order valence-corrected chi connectivity index (χ0v) is 9.40. The van der Waals surface area contributed by atoms with Crippen LogP contribution in [-0.4, -0.2) is 24.5 Å². The van der Waals surface area contributed by atoms with Gasteiger partial charge in [-0.1, -0.05) is 18.2 Å². The Morgan fingerprint density at radius 1 is 1.18 bits per heavy atom. The molecule has 0 bridgehead atoms. The summed E-state index contributed by atoms with van der Waals surface area (Å²) in [4.78, 5) is 22.7. The fourth-order valence-corrected chi connectivity index (χ4v) is 1.35.